The lowest BCUT2D eigenvalue weighted by molar-refractivity contribution is 0.0946. The van der Waals surface area contributed by atoms with Crippen LogP contribution in [-0.4, -0.2) is 20.5 Å². The van der Waals surface area contributed by atoms with Gasteiger partial charge in [-0.25, -0.2) is 13.9 Å². The van der Waals surface area contributed by atoms with Crippen LogP contribution in [0.2, 0.25) is 0 Å². The maximum atomic E-state index is 12.9. The average molecular weight is 366 g/mol. The van der Waals surface area contributed by atoms with E-state index in [-0.39, 0.29) is 11.7 Å². The number of nitrogens with one attached hydrogen (secondary N) is 1. The summed E-state index contributed by atoms with van der Waals surface area (Å²) in [4.78, 5) is 17.9. The quantitative estimate of drug-likeness (QED) is 0.597. The molecule has 1 N–H and O–H groups in total. The minimum absolute atomic E-state index is 0.279. The van der Waals surface area contributed by atoms with Crippen molar-refractivity contribution in [2.75, 3.05) is 0 Å². The van der Waals surface area contributed by atoms with E-state index in [1.54, 1.807) is 34.1 Å². The van der Waals surface area contributed by atoms with Crippen molar-refractivity contribution in [3.63, 3.8) is 0 Å². The Hall–Kier alpha value is -3.06. The van der Waals surface area contributed by atoms with Crippen molar-refractivity contribution in [3.05, 3.63) is 76.7 Å². The predicted octanol–water partition coefficient (Wildman–Crippen LogP) is 3.84. The van der Waals surface area contributed by atoms with E-state index in [1.807, 2.05) is 30.5 Å². The van der Waals surface area contributed by atoms with Crippen LogP contribution in [0.5, 0.6) is 0 Å². The van der Waals surface area contributed by atoms with Crippen LogP contribution >= 0.6 is 11.3 Å². The van der Waals surface area contributed by atoms with Crippen LogP contribution < -0.4 is 5.32 Å². The molecule has 0 radical (unpaired) electrons. The Labute approximate surface area is 153 Å². The average Bonchev–Trinajstić information content (AvgIpc) is 3.30. The van der Waals surface area contributed by atoms with Crippen molar-refractivity contribution in [3.8, 4) is 10.6 Å². The van der Waals surface area contributed by atoms with Gasteiger partial charge in [-0.3, -0.25) is 4.79 Å². The van der Waals surface area contributed by atoms with E-state index in [0.29, 0.717) is 17.9 Å². The number of hydrogen-bond donors (Lipinski definition) is 1. The van der Waals surface area contributed by atoms with Crippen LogP contribution in [0.25, 0.3) is 16.2 Å². The highest BCUT2D eigenvalue weighted by Crippen LogP contribution is 2.24. The first kappa shape index (κ1) is 16.4. The van der Waals surface area contributed by atoms with E-state index in [2.05, 4.69) is 15.4 Å². The molecule has 0 aliphatic rings. The van der Waals surface area contributed by atoms with E-state index in [1.165, 1.54) is 12.1 Å². The van der Waals surface area contributed by atoms with Gasteiger partial charge >= 0.3 is 0 Å². The molecule has 1 aromatic carbocycles. The number of halogens is 1. The van der Waals surface area contributed by atoms with E-state index in [4.69, 9.17) is 0 Å². The fraction of sp³-hybridized carbons (Fsp3) is 0.105. The largest absolute Gasteiger partial charge is 0.347 e. The zero-order valence-corrected chi connectivity index (χ0v) is 14.8. The third kappa shape index (κ3) is 3.21. The molecule has 4 aromatic rings. The number of carbonyl (C=O) groups is 1. The number of amides is 1. The Morgan fingerprint density at radius 3 is 2.77 bits per heavy atom. The zero-order valence-electron chi connectivity index (χ0n) is 13.9. The van der Waals surface area contributed by atoms with Gasteiger partial charge in [0.2, 0.25) is 0 Å². The Kier molecular flexibility index (Phi) is 4.22. The first-order valence-corrected chi connectivity index (χ1v) is 8.92. The fourth-order valence-corrected chi connectivity index (χ4v) is 3.34. The molecule has 0 aliphatic carbocycles. The molecule has 0 atom stereocenters. The lowest BCUT2D eigenvalue weighted by Gasteiger charge is -2.06. The Bertz CT molecular complexity index is 1070. The van der Waals surface area contributed by atoms with Crippen LogP contribution in [0.1, 0.15) is 21.7 Å². The Balaban J connectivity index is 1.57. The summed E-state index contributed by atoms with van der Waals surface area (Å²) in [5, 5.41) is 9.36. The van der Waals surface area contributed by atoms with E-state index in [9.17, 15) is 9.18 Å². The maximum Gasteiger partial charge on any atom is 0.270 e. The van der Waals surface area contributed by atoms with Crippen molar-refractivity contribution in [2.45, 2.75) is 13.5 Å². The van der Waals surface area contributed by atoms with Crippen molar-refractivity contribution in [2.24, 2.45) is 0 Å². The Morgan fingerprint density at radius 2 is 2.04 bits per heavy atom. The molecule has 26 heavy (non-hydrogen) atoms. The standard InChI is InChI=1S/C19H15FN4OS/c1-12-9-16(19(25)21-11-13-4-6-14(20)7-5-13)22-18-10-15(23-24(12)18)17-3-2-8-26-17/h2-10H,11H2,1H3,(H,21,25). The number of thiophene rings is 1. The smallest absolute Gasteiger partial charge is 0.270 e. The van der Waals surface area contributed by atoms with Gasteiger partial charge in [0.1, 0.15) is 17.2 Å². The topological polar surface area (TPSA) is 59.3 Å². The summed E-state index contributed by atoms with van der Waals surface area (Å²) in [6.07, 6.45) is 0. The minimum atomic E-state index is -0.301. The molecule has 3 aromatic heterocycles. The van der Waals surface area contributed by atoms with Gasteiger partial charge in [0.05, 0.1) is 4.88 Å². The molecule has 7 heteroatoms. The fourth-order valence-electron chi connectivity index (χ4n) is 2.66. The van der Waals surface area contributed by atoms with Crippen molar-refractivity contribution >= 4 is 22.9 Å². The summed E-state index contributed by atoms with van der Waals surface area (Å²) in [6, 6.07) is 13.6. The summed E-state index contributed by atoms with van der Waals surface area (Å²) in [5.41, 5.74) is 3.43. The molecule has 0 saturated carbocycles. The summed E-state index contributed by atoms with van der Waals surface area (Å²) in [6.45, 7) is 2.20. The first-order valence-electron chi connectivity index (χ1n) is 8.04. The third-order valence-electron chi connectivity index (χ3n) is 3.98. The summed E-state index contributed by atoms with van der Waals surface area (Å²) in [7, 11) is 0. The monoisotopic (exact) mass is 366 g/mol. The van der Waals surface area contributed by atoms with Crippen molar-refractivity contribution in [1.82, 2.24) is 19.9 Å². The zero-order chi connectivity index (χ0) is 18.1. The molecule has 0 spiro atoms. The van der Waals surface area contributed by atoms with Gasteiger partial charge in [-0.1, -0.05) is 18.2 Å². The third-order valence-corrected chi connectivity index (χ3v) is 4.87. The molecule has 4 rings (SSSR count). The number of hydrogen-bond acceptors (Lipinski definition) is 4. The van der Waals surface area contributed by atoms with Gasteiger partial charge in [-0.2, -0.15) is 5.10 Å². The number of aryl methyl sites for hydroxylation is 1. The van der Waals surface area contributed by atoms with E-state index < -0.39 is 0 Å². The van der Waals surface area contributed by atoms with Gasteiger partial charge in [0.15, 0.2) is 5.65 Å². The second kappa shape index (κ2) is 6.68. The maximum absolute atomic E-state index is 12.9. The lowest BCUT2D eigenvalue weighted by atomic mass is 10.2. The summed E-state index contributed by atoms with van der Waals surface area (Å²) >= 11 is 1.60. The molecular weight excluding hydrogens is 351 g/mol. The van der Waals surface area contributed by atoms with E-state index in [0.717, 1.165) is 21.8 Å². The number of rotatable bonds is 4. The van der Waals surface area contributed by atoms with Crippen LogP contribution in [0.4, 0.5) is 4.39 Å². The molecule has 5 nitrogen and oxygen atoms in total. The molecule has 3 heterocycles. The molecule has 0 unspecified atom stereocenters. The molecule has 130 valence electrons. The summed E-state index contributed by atoms with van der Waals surface area (Å²) < 4.78 is 14.7. The molecular formula is C19H15FN4OS. The number of nitrogens with zero attached hydrogens (tertiary/aromatic N) is 3. The van der Waals surface area contributed by atoms with Gasteiger partial charge in [-0.15, -0.1) is 11.3 Å². The van der Waals surface area contributed by atoms with Crippen molar-refractivity contribution in [1.29, 1.82) is 0 Å². The van der Waals surface area contributed by atoms with Crippen LogP contribution in [0, 0.1) is 12.7 Å². The molecule has 0 aliphatic heterocycles. The van der Waals surface area contributed by atoms with Gasteiger partial charge in [-0.05, 0) is 42.1 Å². The number of aromatic nitrogens is 3. The molecule has 0 fully saturated rings. The molecule has 0 bridgehead atoms. The van der Waals surface area contributed by atoms with Gasteiger partial charge < -0.3 is 5.32 Å². The van der Waals surface area contributed by atoms with Gasteiger partial charge in [0.25, 0.3) is 5.91 Å². The number of benzene rings is 1. The summed E-state index contributed by atoms with van der Waals surface area (Å²) in [5.74, 6) is -0.580. The normalized spacial score (nSPS) is 11.0. The van der Waals surface area contributed by atoms with Gasteiger partial charge in [0, 0.05) is 18.3 Å². The lowest BCUT2D eigenvalue weighted by Crippen LogP contribution is -2.24. The highest BCUT2D eigenvalue weighted by Gasteiger charge is 2.13. The second-order valence-electron chi connectivity index (χ2n) is 5.87. The molecule has 1 amide bonds. The SMILES string of the molecule is Cc1cc(C(=O)NCc2ccc(F)cc2)nc2cc(-c3cccs3)nn12. The highest BCUT2D eigenvalue weighted by molar-refractivity contribution is 7.13. The minimum Gasteiger partial charge on any atom is -0.347 e. The van der Waals surface area contributed by atoms with Crippen LogP contribution in [0.15, 0.2) is 53.9 Å². The second-order valence-corrected chi connectivity index (χ2v) is 6.82. The number of fused-ring (bicyclic) bond motifs is 1. The van der Waals surface area contributed by atoms with Crippen LogP contribution in [-0.2, 0) is 6.54 Å². The van der Waals surface area contributed by atoms with E-state index >= 15 is 0 Å². The predicted molar refractivity (Wildman–Crippen MR) is 98.6 cm³/mol. The van der Waals surface area contributed by atoms with Crippen LogP contribution in [0.3, 0.4) is 0 Å². The Morgan fingerprint density at radius 1 is 1.23 bits per heavy atom. The molecule has 0 saturated heterocycles. The van der Waals surface area contributed by atoms with Crippen molar-refractivity contribution < 1.29 is 9.18 Å². The first-order chi connectivity index (χ1) is 12.6. The number of carbonyl (C=O) groups excluding carboxylic acids is 1. The highest BCUT2D eigenvalue weighted by atomic mass is 32.1.